The van der Waals surface area contributed by atoms with Gasteiger partial charge in [-0.3, -0.25) is 0 Å². The standard InChI is InChI=1S/C14H17NO2S/c1-9-10(2)18-14(15-9)8-13(16)11-4-6-12(17-3)7-5-11/h4-7,13,16H,8H2,1-3H3. The second kappa shape index (κ2) is 5.50. The Morgan fingerprint density at radius 2 is 1.94 bits per heavy atom. The van der Waals surface area contributed by atoms with E-state index >= 15 is 0 Å². The molecule has 0 aliphatic carbocycles. The lowest BCUT2D eigenvalue weighted by molar-refractivity contribution is 0.178. The largest absolute Gasteiger partial charge is 0.497 e. The number of aliphatic hydroxyl groups is 1. The predicted octanol–water partition coefficient (Wildman–Crippen LogP) is 3.04. The lowest BCUT2D eigenvalue weighted by atomic mass is 10.1. The molecule has 0 radical (unpaired) electrons. The SMILES string of the molecule is COc1ccc(C(O)Cc2nc(C)c(C)s2)cc1. The number of aromatic nitrogens is 1. The van der Waals surface area contributed by atoms with E-state index < -0.39 is 6.10 Å². The Morgan fingerprint density at radius 3 is 2.44 bits per heavy atom. The van der Waals surface area contributed by atoms with Crippen molar-refractivity contribution in [1.82, 2.24) is 4.98 Å². The second-order valence-corrected chi connectivity index (χ2v) is 5.53. The maximum atomic E-state index is 10.2. The van der Waals surface area contributed by atoms with Gasteiger partial charge >= 0.3 is 0 Å². The van der Waals surface area contributed by atoms with Crippen LogP contribution in [0, 0.1) is 13.8 Å². The zero-order valence-electron chi connectivity index (χ0n) is 10.8. The van der Waals surface area contributed by atoms with Crippen molar-refractivity contribution in [3.05, 3.63) is 45.4 Å². The van der Waals surface area contributed by atoms with Gasteiger partial charge in [0, 0.05) is 11.3 Å². The van der Waals surface area contributed by atoms with E-state index in [0.717, 1.165) is 22.0 Å². The van der Waals surface area contributed by atoms with E-state index in [1.54, 1.807) is 18.4 Å². The van der Waals surface area contributed by atoms with Crippen LogP contribution in [0.5, 0.6) is 5.75 Å². The van der Waals surface area contributed by atoms with E-state index in [9.17, 15) is 5.11 Å². The summed E-state index contributed by atoms with van der Waals surface area (Å²) in [5.74, 6) is 0.798. The van der Waals surface area contributed by atoms with Gasteiger partial charge in [-0.25, -0.2) is 4.98 Å². The van der Waals surface area contributed by atoms with Gasteiger partial charge in [-0.15, -0.1) is 11.3 Å². The number of benzene rings is 1. The van der Waals surface area contributed by atoms with Crippen molar-refractivity contribution in [3.63, 3.8) is 0 Å². The quantitative estimate of drug-likeness (QED) is 0.922. The van der Waals surface area contributed by atoms with Gasteiger partial charge in [-0.1, -0.05) is 12.1 Å². The Bertz CT molecular complexity index is 500. The molecule has 0 fully saturated rings. The van der Waals surface area contributed by atoms with Crippen LogP contribution in [-0.4, -0.2) is 17.2 Å². The van der Waals surface area contributed by atoms with Gasteiger partial charge in [0.2, 0.25) is 0 Å². The highest BCUT2D eigenvalue weighted by molar-refractivity contribution is 7.11. The average molecular weight is 263 g/mol. The van der Waals surface area contributed by atoms with Crippen molar-refractivity contribution in [2.24, 2.45) is 0 Å². The molecule has 0 saturated carbocycles. The van der Waals surface area contributed by atoms with Gasteiger partial charge in [0.05, 0.1) is 23.9 Å². The van der Waals surface area contributed by atoms with Crippen LogP contribution in [0.25, 0.3) is 0 Å². The molecule has 1 heterocycles. The molecule has 1 unspecified atom stereocenters. The van der Waals surface area contributed by atoms with Crippen molar-refractivity contribution >= 4 is 11.3 Å². The summed E-state index contributed by atoms with van der Waals surface area (Å²) >= 11 is 1.65. The fourth-order valence-corrected chi connectivity index (χ4v) is 2.71. The number of hydrogen-bond donors (Lipinski definition) is 1. The molecular formula is C14H17NO2S. The summed E-state index contributed by atoms with van der Waals surface area (Å²) in [6.45, 7) is 4.05. The van der Waals surface area contributed by atoms with Gasteiger partial charge in [-0.05, 0) is 31.5 Å². The number of ether oxygens (including phenoxy) is 1. The molecule has 18 heavy (non-hydrogen) atoms. The summed E-state index contributed by atoms with van der Waals surface area (Å²) in [5, 5.41) is 11.1. The van der Waals surface area contributed by atoms with Gasteiger partial charge in [0.25, 0.3) is 0 Å². The Balaban J connectivity index is 2.08. The fraction of sp³-hybridized carbons (Fsp3) is 0.357. The minimum Gasteiger partial charge on any atom is -0.497 e. The number of rotatable bonds is 4. The third-order valence-corrected chi connectivity index (χ3v) is 4.04. The van der Waals surface area contributed by atoms with E-state index in [-0.39, 0.29) is 0 Å². The van der Waals surface area contributed by atoms with E-state index in [1.807, 2.05) is 31.2 Å². The average Bonchev–Trinajstić information content (AvgIpc) is 2.68. The molecule has 1 N–H and O–H groups in total. The fourth-order valence-electron chi connectivity index (χ4n) is 1.74. The first-order chi connectivity index (χ1) is 8.60. The molecule has 0 spiro atoms. The molecule has 1 aromatic heterocycles. The molecule has 96 valence electrons. The van der Waals surface area contributed by atoms with Crippen LogP contribution in [-0.2, 0) is 6.42 Å². The number of methoxy groups -OCH3 is 1. The molecule has 0 aliphatic heterocycles. The van der Waals surface area contributed by atoms with Crippen molar-refractivity contribution in [3.8, 4) is 5.75 Å². The summed E-state index contributed by atoms with van der Waals surface area (Å²) in [4.78, 5) is 5.66. The summed E-state index contributed by atoms with van der Waals surface area (Å²) in [6.07, 6.45) is 0.0481. The normalized spacial score (nSPS) is 12.4. The summed E-state index contributed by atoms with van der Waals surface area (Å²) in [5.41, 5.74) is 1.94. The minimum absolute atomic E-state index is 0.513. The molecular weight excluding hydrogens is 246 g/mol. The third-order valence-electron chi connectivity index (χ3n) is 2.94. The second-order valence-electron chi connectivity index (χ2n) is 4.24. The Labute approximate surface area is 111 Å². The molecule has 2 aromatic rings. The van der Waals surface area contributed by atoms with Crippen LogP contribution in [0.15, 0.2) is 24.3 Å². The van der Waals surface area contributed by atoms with Crippen molar-refractivity contribution in [1.29, 1.82) is 0 Å². The minimum atomic E-state index is -0.513. The smallest absolute Gasteiger partial charge is 0.118 e. The monoisotopic (exact) mass is 263 g/mol. The number of thiazole rings is 1. The number of aryl methyl sites for hydroxylation is 2. The number of aliphatic hydroxyl groups excluding tert-OH is 1. The first-order valence-corrected chi connectivity index (χ1v) is 6.66. The van der Waals surface area contributed by atoms with E-state index in [1.165, 1.54) is 4.88 Å². The number of nitrogens with zero attached hydrogens (tertiary/aromatic N) is 1. The molecule has 4 heteroatoms. The van der Waals surface area contributed by atoms with Crippen LogP contribution < -0.4 is 4.74 Å². The van der Waals surface area contributed by atoms with Gasteiger partial charge in [-0.2, -0.15) is 0 Å². The molecule has 0 aliphatic rings. The molecule has 2 rings (SSSR count). The van der Waals surface area contributed by atoms with Gasteiger partial charge in [0.15, 0.2) is 0 Å². The molecule has 1 atom stereocenters. The van der Waals surface area contributed by atoms with Crippen LogP contribution in [0.1, 0.15) is 27.2 Å². The topological polar surface area (TPSA) is 42.4 Å². The highest BCUT2D eigenvalue weighted by Crippen LogP contribution is 2.24. The molecule has 1 aromatic carbocycles. The highest BCUT2D eigenvalue weighted by Gasteiger charge is 2.12. The molecule has 0 bridgehead atoms. The highest BCUT2D eigenvalue weighted by atomic mass is 32.1. The number of hydrogen-bond acceptors (Lipinski definition) is 4. The van der Waals surface area contributed by atoms with E-state index in [4.69, 9.17) is 4.74 Å². The van der Waals surface area contributed by atoms with E-state index in [2.05, 4.69) is 11.9 Å². The Hall–Kier alpha value is -1.39. The zero-order chi connectivity index (χ0) is 13.1. The molecule has 0 saturated heterocycles. The summed E-state index contributed by atoms with van der Waals surface area (Å²) < 4.78 is 5.09. The predicted molar refractivity (Wildman–Crippen MR) is 73.2 cm³/mol. The van der Waals surface area contributed by atoms with Crippen molar-refractivity contribution in [2.75, 3.05) is 7.11 Å². The summed E-state index contributed by atoms with van der Waals surface area (Å²) in [7, 11) is 1.63. The first-order valence-electron chi connectivity index (χ1n) is 5.85. The maximum Gasteiger partial charge on any atom is 0.118 e. The first kappa shape index (κ1) is 13.1. The van der Waals surface area contributed by atoms with Crippen LogP contribution in [0.4, 0.5) is 0 Å². The lowest BCUT2D eigenvalue weighted by Crippen LogP contribution is -2.01. The van der Waals surface area contributed by atoms with Crippen LogP contribution in [0.2, 0.25) is 0 Å². The maximum absolute atomic E-state index is 10.2. The summed E-state index contributed by atoms with van der Waals surface area (Å²) in [6, 6.07) is 7.49. The van der Waals surface area contributed by atoms with Crippen LogP contribution >= 0.6 is 11.3 Å². The van der Waals surface area contributed by atoms with Crippen LogP contribution in [0.3, 0.4) is 0 Å². The zero-order valence-corrected chi connectivity index (χ0v) is 11.6. The Morgan fingerprint density at radius 1 is 1.28 bits per heavy atom. The van der Waals surface area contributed by atoms with Gasteiger partial charge < -0.3 is 9.84 Å². The van der Waals surface area contributed by atoms with E-state index in [0.29, 0.717) is 6.42 Å². The molecule has 3 nitrogen and oxygen atoms in total. The lowest BCUT2D eigenvalue weighted by Gasteiger charge is -2.09. The molecule has 0 amide bonds. The van der Waals surface area contributed by atoms with Gasteiger partial charge in [0.1, 0.15) is 5.75 Å². The van der Waals surface area contributed by atoms with Crippen molar-refractivity contribution in [2.45, 2.75) is 26.4 Å². The third kappa shape index (κ3) is 2.89. The van der Waals surface area contributed by atoms with Crippen molar-refractivity contribution < 1.29 is 9.84 Å². The Kier molecular flexibility index (Phi) is 3.99.